The van der Waals surface area contributed by atoms with E-state index in [1.165, 1.54) is 25.7 Å². The van der Waals surface area contributed by atoms with E-state index in [2.05, 4.69) is 20.2 Å². The predicted molar refractivity (Wildman–Crippen MR) is 130 cm³/mol. The molecule has 4 rings (SSSR count). The molecule has 0 aliphatic heterocycles. The third kappa shape index (κ3) is 5.53. The first kappa shape index (κ1) is 22.9. The van der Waals surface area contributed by atoms with Crippen LogP contribution in [0.25, 0.3) is 0 Å². The van der Waals surface area contributed by atoms with Crippen LogP contribution >= 0.6 is 11.6 Å². The van der Waals surface area contributed by atoms with E-state index in [9.17, 15) is 0 Å². The molecule has 5 N–H and O–H groups in total. The minimum absolute atomic E-state index is 0.211. The lowest BCUT2D eigenvalue weighted by Gasteiger charge is -2.32. The van der Waals surface area contributed by atoms with E-state index >= 15 is 0 Å². The number of halogens is 1. The van der Waals surface area contributed by atoms with Gasteiger partial charge in [-0.25, -0.2) is 0 Å². The highest BCUT2D eigenvalue weighted by molar-refractivity contribution is 6.32. The molecule has 0 unspecified atom stereocenters. The number of rotatable bonds is 6. The summed E-state index contributed by atoms with van der Waals surface area (Å²) in [5.41, 5.74) is 13.1. The summed E-state index contributed by atoms with van der Waals surface area (Å²) in [6.45, 7) is 0. The summed E-state index contributed by atoms with van der Waals surface area (Å²) in [4.78, 5) is 15.9. The first-order valence-corrected chi connectivity index (χ1v) is 12.1. The van der Waals surface area contributed by atoms with Crippen LogP contribution in [-0.2, 0) is 0 Å². The Balaban J connectivity index is 1.67. The van der Waals surface area contributed by atoms with Crippen LogP contribution in [0.4, 0.5) is 23.5 Å². The zero-order valence-corrected chi connectivity index (χ0v) is 19.5. The first-order valence-electron chi connectivity index (χ1n) is 11.7. The first-order chi connectivity index (χ1) is 15.5. The Morgan fingerprint density at radius 3 is 2.38 bits per heavy atom. The number of benzene rings is 1. The van der Waals surface area contributed by atoms with Crippen molar-refractivity contribution in [2.75, 3.05) is 23.1 Å². The quantitative estimate of drug-likeness (QED) is 0.534. The number of methoxy groups -OCH3 is 1. The van der Waals surface area contributed by atoms with Crippen LogP contribution in [0.2, 0.25) is 5.02 Å². The second kappa shape index (κ2) is 10.5. The maximum absolute atomic E-state index is 6.48. The number of nitrogens with one attached hydrogen (secondary N) is 1. The molecule has 2 saturated carbocycles. The maximum Gasteiger partial charge on any atom is 0.236 e. The third-order valence-electron chi connectivity index (χ3n) is 6.56. The Kier molecular flexibility index (Phi) is 7.52. The van der Waals surface area contributed by atoms with Crippen molar-refractivity contribution in [3.8, 4) is 5.75 Å². The van der Waals surface area contributed by atoms with Gasteiger partial charge >= 0.3 is 0 Å². The Labute approximate surface area is 195 Å². The highest BCUT2D eigenvalue weighted by Gasteiger charge is 2.27. The number of ether oxygens (including phenoxy) is 1. The van der Waals surface area contributed by atoms with Crippen LogP contribution in [0.15, 0.2) is 18.2 Å². The largest absolute Gasteiger partial charge is 0.495 e. The summed E-state index contributed by atoms with van der Waals surface area (Å²) in [6, 6.07) is 6.66. The molecule has 2 aromatic rings. The fourth-order valence-corrected chi connectivity index (χ4v) is 5.06. The van der Waals surface area contributed by atoms with Gasteiger partial charge in [0.25, 0.3) is 0 Å². The van der Waals surface area contributed by atoms with Crippen LogP contribution in [0.5, 0.6) is 5.75 Å². The summed E-state index contributed by atoms with van der Waals surface area (Å²) in [5, 5.41) is 4.02. The molecule has 0 saturated heterocycles. The molecule has 2 aliphatic carbocycles. The lowest BCUT2D eigenvalue weighted by Crippen LogP contribution is -2.34. The van der Waals surface area contributed by atoms with Crippen molar-refractivity contribution in [2.45, 2.75) is 82.3 Å². The van der Waals surface area contributed by atoms with Crippen molar-refractivity contribution >= 4 is 35.1 Å². The fourth-order valence-electron chi connectivity index (χ4n) is 4.81. The second-order valence-corrected chi connectivity index (χ2v) is 9.31. The second-order valence-electron chi connectivity index (χ2n) is 8.91. The zero-order valence-electron chi connectivity index (χ0n) is 18.8. The van der Waals surface area contributed by atoms with Crippen molar-refractivity contribution in [3.63, 3.8) is 0 Å². The van der Waals surface area contributed by atoms with Gasteiger partial charge in [0.15, 0.2) is 0 Å². The zero-order chi connectivity index (χ0) is 22.5. The highest BCUT2D eigenvalue weighted by atomic mass is 35.5. The number of anilines is 4. The smallest absolute Gasteiger partial charge is 0.236 e. The molecule has 1 aromatic heterocycles. The van der Waals surface area contributed by atoms with Crippen molar-refractivity contribution in [3.05, 3.63) is 23.2 Å². The van der Waals surface area contributed by atoms with Crippen molar-refractivity contribution < 1.29 is 4.74 Å². The van der Waals surface area contributed by atoms with E-state index in [0.717, 1.165) is 44.2 Å². The molecule has 0 atom stereocenters. The van der Waals surface area contributed by atoms with Gasteiger partial charge in [-0.1, -0.05) is 37.3 Å². The fraction of sp³-hybridized carbons (Fsp3) is 0.609. The van der Waals surface area contributed by atoms with Crippen LogP contribution in [-0.4, -0.2) is 40.2 Å². The minimum atomic E-state index is 0.211. The van der Waals surface area contributed by atoms with Crippen LogP contribution < -0.4 is 26.4 Å². The topological polar surface area (TPSA) is 115 Å². The molecule has 32 heavy (non-hydrogen) atoms. The SMILES string of the molecule is COc1ccc(N(c2nc(N)nc(NC3CCC(N)CC3)n2)C2CCCCCC2)cc1Cl. The molecule has 1 aromatic carbocycles. The molecule has 2 aliphatic rings. The number of nitrogens with zero attached hydrogens (tertiary/aromatic N) is 4. The minimum Gasteiger partial charge on any atom is -0.495 e. The summed E-state index contributed by atoms with van der Waals surface area (Å²) in [6.07, 6.45) is 11.0. The molecular formula is C23H34ClN7O. The summed E-state index contributed by atoms with van der Waals surface area (Å²) < 4.78 is 5.35. The van der Waals surface area contributed by atoms with E-state index in [1.807, 2.05) is 18.2 Å². The van der Waals surface area contributed by atoms with Gasteiger partial charge in [0, 0.05) is 23.8 Å². The lowest BCUT2D eigenvalue weighted by atomic mass is 9.92. The van der Waals surface area contributed by atoms with Crippen molar-refractivity contribution in [1.29, 1.82) is 0 Å². The van der Waals surface area contributed by atoms with Gasteiger partial charge in [-0.3, -0.25) is 0 Å². The molecule has 2 fully saturated rings. The average molecular weight is 460 g/mol. The molecule has 0 spiro atoms. The van der Waals surface area contributed by atoms with E-state index in [4.69, 9.17) is 32.8 Å². The number of aromatic nitrogens is 3. The van der Waals surface area contributed by atoms with E-state index < -0.39 is 0 Å². The maximum atomic E-state index is 6.48. The highest BCUT2D eigenvalue weighted by Crippen LogP contribution is 2.36. The Morgan fingerprint density at radius 1 is 1.00 bits per heavy atom. The summed E-state index contributed by atoms with van der Waals surface area (Å²) >= 11 is 6.48. The molecule has 174 valence electrons. The van der Waals surface area contributed by atoms with Gasteiger partial charge in [-0.15, -0.1) is 0 Å². The Bertz CT molecular complexity index is 896. The standard InChI is InChI=1S/C23H34ClN7O/c1-32-20-13-12-18(14-19(20)24)31(17-6-4-2-3-5-7-17)23-29-21(26)28-22(30-23)27-16-10-8-15(25)9-11-16/h12-17H,2-11,25H2,1H3,(H3,26,27,28,29,30). The number of hydrogen-bond donors (Lipinski definition) is 3. The van der Waals surface area contributed by atoms with Gasteiger partial charge in [-0.2, -0.15) is 15.0 Å². The van der Waals surface area contributed by atoms with Gasteiger partial charge in [0.1, 0.15) is 5.75 Å². The Morgan fingerprint density at radius 2 is 1.72 bits per heavy atom. The number of hydrogen-bond acceptors (Lipinski definition) is 8. The van der Waals surface area contributed by atoms with Crippen LogP contribution in [0.3, 0.4) is 0 Å². The van der Waals surface area contributed by atoms with E-state index in [0.29, 0.717) is 28.7 Å². The van der Waals surface area contributed by atoms with Gasteiger partial charge in [-0.05, 0) is 56.7 Å². The molecule has 1 heterocycles. The van der Waals surface area contributed by atoms with E-state index in [1.54, 1.807) is 7.11 Å². The molecule has 9 heteroatoms. The molecule has 0 amide bonds. The Hall–Kier alpha value is -2.32. The summed E-state index contributed by atoms with van der Waals surface area (Å²) in [5.74, 6) is 1.93. The average Bonchev–Trinajstić information content (AvgIpc) is 3.05. The monoisotopic (exact) mass is 459 g/mol. The van der Waals surface area contributed by atoms with Gasteiger partial charge < -0.3 is 26.4 Å². The normalized spacial score (nSPS) is 22.2. The van der Waals surface area contributed by atoms with E-state index in [-0.39, 0.29) is 18.0 Å². The molecular weight excluding hydrogens is 426 g/mol. The summed E-state index contributed by atoms with van der Waals surface area (Å²) in [7, 11) is 1.62. The predicted octanol–water partition coefficient (Wildman–Crippen LogP) is 4.66. The number of nitrogen functional groups attached to an aromatic ring is 1. The number of nitrogens with two attached hydrogens (primary N) is 2. The molecule has 8 nitrogen and oxygen atoms in total. The molecule has 0 radical (unpaired) electrons. The van der Waals surface area contributed by atoms with Gasteiger partial charge in [0.05, 0.1) is 12.1 Å². The van der Waals surface area contributed by atoms with Crippen LogP contribution in [0, 0.1) is 0 Å². The molecule has 0 bridgehead atoms. The van der Waals surface area contributed by atoms with Gasteiger partial charge in [0.2, 0.25) is 17.8 Å². The van der Waals surface area contributed by atoms with Crippen molar-refractivity contribution in [2.24, 2.45) is 5.73 Å². The van der Waals surface area contributed by atoms with Crippen molar-refractivity contribution in [1.82, 2.24) is 15.0 Å². The lowest BCUT2D eigenvalue weighted by molar-refractivity contribution is 0.409. The van der Waals surface area contributed by atoms with Crippen LogP contribution in [0.1, 0.15) is 64.2 Å². The third-order valence-corrected chi connectivity index (χ3v) is 6.86.